The molecule has 0 aromatic carbocycles. The van der Waals surface area contributed by atoms with Crippen molar-refractivity contribution in [2.24, 2.45) is 5.73 Å². The van der Waals surface area contributed by atoms with Crippen LogP contribution < -0.4 is 5.73 Å². The summed E-state index contributed by atoms with van der Waals surface area (Å²) in [6, 6.07) is 4.02. The molecular formula is C8H12ClNS. The van der Waals surface area contributed by atoms with E-state index in [1.165, 1.54) is 4.88 Å². The summed E-state index contributed by atoms with van der Waals surface area (Å²) in [6.07, 6.45) is 1.04. The average molecular weight is 190 g/mol. The van der Waals surface area contributed by atoms with Crippen molar-refractivity contribution in [3.63, 3.8) is 0 Å². The predicted molar refractivity (Wildman–Crippen MR) is 51.4 cm³/mol. The molecule has 0 aliphatic carbocycles. The van der Waals surface area contributed by atoms with Crippen LogP contribution in [0.1, 0.15) is 24.1 Å². The average Bonchev–Trinajstić information content (AvgIpc) is 2.36. The molecule has 1 unspecified atom stereocenters. The zero-order valence-corrected chi connectivity index (χ0v) is 8.08. The molecule has 3 heteroatoms. The molecule has 0 aliphatic heterocycles. The van der Waals surface area contributed by atoms with Crippen LogP contribution in [0.5, 0.6) is 0 Å². The van der Waals surface area contributed by atoms with Gasteiger partial charge in [-0.3, -0.25) is 0 Å². The molecule has 0 bridgehead atoms. The quantitative estimate of drug-likeness (QED) is 0.778. The number of hydrogen-bond acceptors (Lipinski definition) is 2. The lowest BCUT2D eigenvalue weighted by molar-refractivity contribution is 0.701. The van der Waals surface area contributed by atoms with Crippen LogP contribution in [-0.2, 0) is 0 Å². The van der Waals surface area contributed by atoms with Crippen molar-refractivity contribution in [3.05, 3.63) is 21.3 Å². The summed E-state index contributed by atoms with van der Waals surface area (Å²) in [6.45, 7) is 2.92. The molecule has 0 saturated heterocycles. The Labute approximate surface area is 76.2 Å². The van der Waals surface area contributed by atoms with Gasteiger partial charge in [0, 0.05) is 4.88 Å². The van der Waals surface area contributed by atoms with Gasteiger partial charge in [-0.25, -0.2) is 0 Å². The van der Waals surface area contributed by atoms with Crippen molar-refractivity contribution in [3.8, 4) is 0 Å². The standard InChI is InChI=1S/C8H12ClNS/c1-6(4-5-10)7-2-3-8(9)11-7/h2-3,6H,4-5,10H2,1H3. The van der Waals surface area contributed by atoms with Crippen LogP contribution in [0, 0.1) is 0 Å². The van der Waals surface area contributed by atoms with Gasteiger partial charge < -0.3 is 5.73 Å². The lowest BCUT2D eigenvalue weighted by atomic mass is 10.1. The van der Waals surface area contributed by atoms with Gasteiger partial charge in [0.05, 0.1) is 4.34 Å². The Hall–Kier alpha value is -0.0500. The molecule has 1 aromatic rings. The van der Waals surface area contributed by atoms with E-state index in [4.69, 9.17) is 17.3 Å². The number of thiophene rings is 1. The molecule has 62 valence electrons. The van der Waals surface area contributed by atoms with Gasteiger partial charge in [-0.15, -0.1) is 11.3 Å². The topological polar surface area (TPSA) is 26.0 Å². The number of rotatable bonds is 3. The molecule has 0 saturated carbocycles. The van der Waals surface area contributed by atoms with E-state index in [0.717, 1.165) is 17.3 Å². The maximum atomic E-state index is 5.79. The van der Waals surface area contributed by atoms with E-state index in [0.29, 0.717) is 5.92 Å². The van der Waals surface area contributed by atoms with Crippen LogP contribution in [0.3, 0.4) is 0 Å². The Morgan fingerprint density at radius 1 is 1.64 bits per heavy atom. The zero-order chi connectivity index (χ0) is 8.27. The van der Waals surface area contributed by atoms with E-state index < -0.39 is 0 Å². The van der Waals surface area contributed by atoms with Crippen LogP contribution in [-0.4, -0.2) is 6.54 Å². The van der Waals surface area contributed by atoms with Gasteiger partial charge in [0.15, 0.2) is 0 Å². The minimum Gasteiger partial charge on any atom is -0.330 e. The van der Waals surface area contributed by atoms with E-state index in [-0.39, 0.29) is 0 Å². The molecule has 1 atom stereocenters. The molecule has 1 aromatic heterocycles. The number of hydrogen-bond donors (Lipinski definition) is 1. The maximum absolute atomic E-state index is 5.79. The Morgan fingerprint density at radius 2 is 2.36 bits per heavy atom. The van der Waals surface area contributed by atoms with Crippen molar-refractivity contribution >= 4 is 22.9 Å². The second kappa shape index (κ2) is 4.10. The molecule has 11 heavy (non-hydrogen) atoms. The van der Waals surface area contributed by atoms with Crippen LogP contribution in [0.4, 0.5) is 0 Å². The van der Waals surface area contributed by atoms with Crippen LogP contribution >= 0.6 is 22.9 Å². The third-order valence-corrected chi connectivity index (χ3v) is 3.14. The maximum Gasteiger partial charge on any atom is 0.0931 e. The predicted octanol–water partition coefficient (Wildman–Crippen LogP) is 2.85. The molecule has 0 amide bonds. The fourth-order valence-corrected chi connectivity index (χ4v) is 2.13. The van der Waals surface area contributed by atoms with Crippen LogP contribution in [0.25, 0.3) is 0 Å². The van der Waals surface area contributed by atoms with Gasteiger partial charge in [0.1, 0.15) is 0 Å². The first-order chi connectivity index (χ1) is 5.24. The molecule has 1 nitrogen and oxygen atoms in total. The van der Waals surface area contributed by atoms with Crippen molar-refractivity contribution in [2.75, 3.05) is 6.54 Å². The zero-order valence-electron chi connectivity index (χ0n) is 6.51. The van der Waals surface area contributed by atoms with Crippen LogP contribution in [0.2, 0.25) is 4.34 Å². The first-order valence-corrected chi connectivity index (χ1v) is 4.88. The highest BCUT2D eigenvalue weighted by Gasteiger charge is 2.06. The van der Waals surface area contributed by atoms with E-state index >= 15 is 0 Å². The van der Waals surface area contributed by atoms with Gasteiger partial charge >= 0.3 is 0 Å². The Morgan fingerprint density at radius 3 is 2.82 bits per heavy atom. The molecule has 0 aliphatic rings. The van der Waals surface area contributed by atoms with Crippen molar-refractivity contribution in [1.29, 1.82) is 0 Å². The van der Waals surface area contributed by atoms with E-state index in [9.17, 15) is 0 Å². The second-order valence-electron chi connectivity index (χ2n) is 2.62. The smallest absolute Gasteiger partial charge is 0.0931 e. The summed E-state index contributed by atoms with van der Waals surface area (Å²) >= 11 is 7.44. The van der Waals surface area contributed by atoms with Gasteiger partial charge in [0.2, 0.25) is 0 Å². The molecule has 0 spiro atoms. The second-order valence-corrected chi connectivity index (χ2v) is 4.37. The van der Waals surface area contributed by atoms with E-state index in [2.05, 4.69) is 13.0 Å². The summed E-state index contributed by atoms with van der Waals surface area (Å²) in [4.78, 5) is 1.33. The fraction of sp³-hybridized carbons (Fsp3) is 0.500. The first kappa shape index (κ1) is 9.04. The lowest BCUT2D eigenvalue weighted by Gasteiger charge is -2.05. The fourth-order valence-electron chi connectivity index (χ4n) is 0.985. The van der Waals surface area contributed by atoms with Gasteiger partial charge in [-0.2, -0.15) is 0 Å². The molecule has 0 fully saturated rings. The van der Waals surface area contributed by atoms with Gasteiger partial charge in [-0.1, -0.05) is 18.5 Å². The van der Waals surface area contributed by atoms with E-state index in [1.54, 1.807) is 11.3 Å². The molecular weight excluding hydrogens is 178 g/mol. The number of halogens is 1. The largest absolute Gasteiger partial charge is 0.330 e. The Bertz CT molecular complexity index is 222. The summed E-state index contributed by atoms with van der Waals surface area (Å²) in [7, 11) is 0. The molecule has 2 N–H and O–H groups in total. The monoisotopic (exact) mass is 189 g/mol. The normalized spacial score (nSPS) is 13.4. The number of nitrogens with two attached hydrogens (primary N) is 1. The Balaban J connectivity index is 2.60. The van der Waals surface area contributed by atoms with Gasteiger partial charge in [0.25, 0.3) is 0 Å². The van der Waals surface area contributed by atoms with Crippen molar-refractivity contribution in [2.45, 2.75) is 19.3 Å². The van der Waals surface area contributed by atoms with Crippen molar-refractivity contribution in [1.82, 2.24) is 0 Å². The Kier molecular flexibility index (Phi) is 3.37. The van der Waals surface area contributed by atoms with Crippen molar-refractivity contribution < 1.29 is 0 Å². The summed E-state index contributed by atoms with van der Waals surface area (Å²) < 4.78 is 0.865. The minimum atomic E-state index is 0.553. The minimum absolute atomic E-state index is 0.553. The summed E-state index contributed by atoms with van der Waals surface area (Å²) in [5.41, 5.74) is 5.45. The lowest BCUT2D eigenvalue weighted by Crippen LogP contribution is -2.03. The first-order valence-electron chi connectivity index (χ1n) is 3.69. The SMILES string of the molecule is CC(CCN)c1ccc(Cl)s1. The molecule has 1 heterocycles. The molecule has 0 radical (unpaired) electrons. The molecule has 1 rings (SSSR count). The third-order valence-electron chi connectivity index (χ3n) is 1.68. The highest BCUT2D eigenvalue weighted by Crippen LogP contribution is 2.29. The third kappa shape index (κ3) is 2.47. The summed E-state index contributed by atoms with van der Waals surface area (Å²) in [5.74, 6) is 0.553. The van der Waals surface area contributed by atoms with Gasteiger partial charge in [-0.05, 0) is 31.0 Å². The highest BCUT2D eigenvalue weighted by atomic mass is 35.5. The summed E-state index contributed by atoms with van der Waals surface area (Å²) in [5, 5.41) is 0. The van der Waals surface area contributed by atoms with E-state index in [1.807, 2.05) is 6.07 Å². The van der Waals surface area contributed by atoms with Crippen LogP contribution in [0.15, 0.2) is 12.1 Å². The highest BCUT2D eigenvalue weighted by molar-refractivity contribution is 7.16.